The molecule has 0 aliphatic heterocycles. The van der Waals surface area contributed by atoms with Gasteiger partial charge in [0.25, 0.3) is 5.91 Å². The smallest absolute Gasteiger partial charge is 0.394 e. The molecule has 0 spiro atoms. The number of anilines is 1. The van der Waals surface area contributed by atoms with Crippen LogP contribution in [0, 0.1) is 5.41 Å². The number of nitrogens with one attached hydrogen (secondary N) is 1. The first-order valence-corrected chi connectivity index (χ1v) is 8.37. The van der Waals surface area contributed by atoms with E-state index in [2.05, 4.69) is 31.1 Å². The predicted molar refractivity (Wildman–Crippen MR) is 99.3 cm³/mol. The highest BCUT2D eigenvalue weighted by Gasteiger charge is 2.38. The summed E-state index contributed by atoms with van der Waals surface area (Å²) >= 11 is 0. The van der Waals surface area contributed by atoms with Gasteiger partial charge in [0, 0.05) is 12.7 Å². The number of amides is 1. The van der Waals surface area contributed by atoms with Crippen molar-refractivity contribution in [1.29, 1.82) is 0 Å². The molecule has 1 amide bonds. The van der Waals surface area contributed by atoms with Crippen molar-refractivity contribution in [3.63, 3.8) is 0 Å². The Morgan fingerprint density at radius 3 is 2.26 bits per heavy atom. The van der Waals surface area contributed by atoms with Crippen molar-refractivity contribution in [3.8, 4) is 0 Å². The van der Waals surface area contributed by atoms with E-state index in [1.165, 1.54) is 0 Å². The Bertz CT molecular complexity index is 746. The number of allylic oxidation sites excluding steroid dienone is 1. The molecule has 1 aromatic rings. The quantitative estimate of drug-likeness (QED) is 0.427. The molecule has 0 fully saturated rings. The van der Waals surface area contributed by atoms with Crippen molar-refractivity contribution < 1.29 is 22.4 Å². The molecule has 0 aliphatic rings. The molecule has 0 radical (unpaired) electrons. The van der Waals surface area contributed by atoms with Gasteiger partial charge in [-0.3, -0.25) is 9.79 Å². The fraction of sp³-hybridized carbons (Fsp3) is 0.474. The fourth-order valence-electron chi connectivity index (χ4n) is 2.83. The Kier molecular flexibility index (Phi) is 7.17. The molecule has 3 N–H and O–H groups in total. The van der Waals surface area contributed by atoms with Crippen molar-refractivity contribution in [1.82, 2.24) is 0 Å². The third-order valence-corrected chi connectivity index (χ3v) is 3.86. The molecule has 0 bridgehead atoms. The van der Waals surface area contributed by atoms with Crippen LogP contribution < -0.4 is 11.1 Å². The van der Waals surface area contributed by atoms with Crippen molar-refractivity contribution in [2.24, 2.45) is 16.1 Å². The zero-order valence-electron chi connectivity index (χ0n) is 16.0. The lowest BCUT2D eigenvalue weighted by Crippen LogP contribution is -2.30. The molecule has 0 saturated carbocycles. The molecule has 1 aromatic carbocycles. The van der Waals surface area contributed by atoms with Crippen LogP contribution in [0.1, 0.15) is 45.6 Å². The van der Waals surface area contributed by atoms with E-state index in [4.69, 9.17) is 5.73 Å². The molecular weight excluding hydrogens is 362 g/mol. The lowest BCUT2D eigenvalue weighted by molar-refractivity contribution is -0.114. The van der Waals surface area contributed by atoms with E-state index >= 15 is 0 Å². The van der Waals surface area contributed by atoms with Gasteiger partial charge in [-0.25, -0.2) is 0 Å². The van der Waals surface area contributed by atoms with Gasteiger partial charge in [-0.05, 0) is 29.4 Å². The summed E-state index contributed by atoms with van der Waals surface area (Å²) in [7, 11) is 0.936. The van der Waals surface area contributed by atoms with Crippen molar-refractivity contribution in [2.45, 2.75) is 46.2 Å². The van der Waals surface area contributed by atoms with E-state index in [-0.39, 0.29) is 11.3 Å². The molecule has 0 aliphatic carbocycles. The minimum Gasteiger partial charge on any atom is -0.394 e. The van der Waals surface area contributed by atoms with E-state index < -0.39 is 29.3 Å². The Hall–Kier alpha value is -2.38. The lowest BCUT2D eigenvalue weighted by atomic mass is 9.82. The van der Waals surface area contributed by atoms with Crippen LogP contribution in [0.3, 0.4) is 0 Å². The number of nitrogens with zero attached hydrogens (tertiary/aromatic N) is 1. The van der Waals surface area contributed by atoms with Crippen molar-refractivity contribution in [2.75, 3.05) is 12.4 Å². The fourth-order valence-corrected chi connectivity index (χ4v) is 2.83. The van der Waals surface area contributed by atoms with Gasteiger partial charge >= 0.3 is 6.18 Å². The second kappa shape index (κ2) is 8.54. The summed E-state index contributed by atoms with van der Waals surface area (Å²) in [4.78, 5) is 15.4. The van der Waals surface area contributed by atoms with Crippen molar-refractivity contribution >= 4 is 17.6 Å². The molecule has 8 heteroatoms. The first kappa shape index (κ1) is 22.7. The lowest BCUT2D eigenvalue weighted by Gasteiger charge is -2.25. The van der Waals surface area contributed by atoms with Gasteiger partial charge in [0.1, 0.15) is 11.3 Å². The van der Waals surface area contributed by atoms with Gasteiger partial charge in [0.2, 0.25) is 5.97 Å². The van der Waals surface area contributed by atoms with Gasteiger partial charge in [-0.2, -0.15) is 17.6 Å². The highest BCUT2D eigenvalue weighted by atomic mass is 19.4. The molecule has 150 valence electrons. The second-order valence-corrected chi connectivity index (χ2v) is 7.51. The van der Waals surface area contributed by atoms with E-state index in [1.54, 1.807) is 24.3 Å². The summed E-state index contributed by atoms with van der Waals surface area (Å²) in [5, 5.41) is 2.35. The summed E-state index contributed by atoms with van der Waals surface area (Å²) < 4.78 is 52.6. The van der Waals surface area contributed by atoms with Crippen LogP contribution in [0.5, 0.6) is 0 Å². The topological polar surface area (TPSA) is 67.5 Å². The first-order valence-electron chi connectivity index (χ1n) is 8.37. The van der Waals surface area contributed by atoms with E-state index in [1.807, 2.05) is 6.92 Å². The summed E-state index contributed by atoms with van der Waals surface area (Å²) in [6.07, 6.45) is -4.29. The number of carbonyl (C=O) groups is 1. The van der Waals surface area contributed by atoms with E-state index in [0.29, 0.717) is 5.69 Å². The number of benzene rings is 1. The minimum atomic E-state index is -5.06. The molecule has 4 nitrogen and oxygen atoms in total. The zero-order valence-corrected chi connectivity index (χ0v) is 16.0. The average Bonchev–Trinajstić information content (AvgIpc) is 2.52. The molecular formula is C19H25F4N3O. The maximum atomic E-state index is 13.9. The molecule has 27 heavy (non-hydrogen) atoms. The normalized spacial score (nSPS) is 15.2. The SMILES string of the molecule is CN=C(F)C(C(=O)Nc1ccccc1C(C)CC(C)(C)C)=C(N)C(F)(F)F. The molecule has 1 rings (SSSR count). The van der Waals surface area contributed by atoms with Gasteiger partial charge in [-0.1, -0.05) is 45.9 Å². The van der Waals surface area contributed by atoms with Crippen LogP contribution >= 0.6 is 0 Å². The van der Waals surface area contributed by atoms with Crippen LogP contribution in [0.2, 0.25) is 0 Å². The number of para-hydroxylation sites is 1. The Labute approximate surface area is 156 Å². The van der Waals surface area contributed by atoms with Gasteiger partial charge < -0.3 is 11.1 Å². The van der Waals surface area contributed by atoms with E-state index in [9.17, 15) is 22.4 Å². The van der Waals surface area contributed by atoms with Crippen LogP contribution in [-0.2, 0) is 4.79 Å². The number of nitrogens with two attached hydrogens (primary N) is 1. The van der Waals surface area contributed by atoms with E-state index in [0.717, 1.165) is 19.0 Å². The Morgan fingerprint density at radius 1 is 1.22 bits per heavy atom. The average molecular weight is 387 g/mol. The summed E-state index contributed by atoms with van der Waals surface area (Å²) in [6.45, 7) is 8.12. The highest BCUT2D eigenvalue weighted by Crippen LogP contribution is 2.34. The maximum absolute atomic E-state index is 13.9. The predicted octanol–water partition coefficient (Wildman–Crippen LogP) is 4.94. The molecule has 1 unspecified atom stereocenters. The number of hydrogen-bond donors (Lipinski definition) is 2. The Morgan fingerprint density at radius 2 is 1.78 bits per heavy atom. The minimum absolute atomic E-state index is 0.00326. The number of carbonyl (C=O) groups excluding carboxylic acids is 1. The maximum Gasteiger partial charge on any atom is 0.431 e. The standard InChI is InChI=1S/C19H25F4N3O/c1-11(10-18(2,3)4)12-8-6-7-9-13(12)26-17(27)14(16(20)25-5)15(24)19(21,22)23/h6-9,11H,10,24H2,1-5H3,(H,26,27). The number of rotatable bonds is 5. The van der Waals surface area contributed by atoms with Crippen LogP contribution in [-0.4, -0.2) is 25.1 Å². The molecule has 1 atom stereocenters. The van der Waals surface area contributed by atoms with Gasteiger partial charge in [-0.15, -0.1) is 0 Å². The molecule has 0 aromatic heterocycles. The third kappa shape index (κ3) is 6.37. The summed E-state index contributed by atoms with van der Waals surface area (Å²) in [5.74, 6) is -2.87. The highest BCUT2D eigenvalue weighted by molar-refractivity contribution is 6.23. The number of hydrogen-bond acceptors (Lipinski definition) is 3. The number of alkyl halides is 3. The van der Waals surface area contributed by atoms with Crippen LogP contribution in [0.4, 0.5) is 23.2 Å². The molecule has 0 heterocycles. The third-order valence-electron chi connectivity index (χ3n) is 3.86. The van der Waals surface area contributed by atoms with Crippen LogP contribution in [0.15, 0.2) is 40.5 Å². The summed E-state index contributed by atoms with van der Waals surface area (Å²) in [6, 6.07) is 6.71. The largest absolute Gasteiger partial charge is 0.431 e. The van der Waals surface area contributed by atoms with Crippen LogP contribution in [0.25, 0.3) is 0 Å². The van der Waals surface area contributed by atoms with Gasteiger partial charge in [0.05, 0.1) is 0 Å². The van der Waals surface area contributed by atoms with Crippen molar-refractivity contribution in [3.05, 3.63) is 41.1 Å². The Balaban J connectivity index is 3.29. The zero-order chi connectivity index (χ0) is 21.0. The number of aliphatic imine (C=N–C) groups is 1. The summed E-state index contributed by atoms with van der Waals surface area (Å²) in [5.41, 5.74) is 2.86. The molecule has 0 saturated heterocycles. The van der Waals surface area contributed by atoms with Gasteiger partial charge in [0.15, 0.2) is 0 Å². The second-order valence-electron chi connectivity index (χ2n) is 7.51. The monoisotopic (exact) mass is 387 g/mol. The number of halogens is 4. The first-order chi connectivity index (χ1) is 12.3.